The van der Waals surface area contributed by atoms with Crippen molar-refractivity contribution in [3.63, 3.8) is 0 Å². The Balaban J connectivity index is 1.77. The van der Waals surface area contributed by atoms with Gasteiger partial charge in [-0.25, -0.2) is 4.98 Å². The topological polar surface area (TPSA) is 104 Å². The molecule has 4 rings (SSSR count). The first-order valence-corrected chi connectivity index (χ1v) is 9.91. The maximum absolute atomic E-state index is 13.1. The number of benzene rings is 1. The molecule has 2 heterocycles. The summed E-state index contributed by atoms with van der Waals surface area (Å²) in [5.74, 6) is 0.412. The molecule has 0 atom stereocenters. The number of nitriles is 1. The van der Waals surface area contributed by atoms with Gasteiger partial charge in [-0.3, -0.25) is 9.36 Å². The minimum atomic E-state index is -0.322. The van der Waals surface area contributed by atoms with E-state index >= 15 is 0 Å². The molecule has 0 amide bonds. The largest absolute Gasteiger partial charge is 0.393 e. The predicted octanol–water partition coefficient (Wildman–Crippen LogP) is 3.35. The van der Waals surface area contributed by atoms with Crippen molar-refractivity contribution in [3.05, 3.63) is 51.9 Å². The molecule has 0 aliphatic heterocycles. The van der Waals surface area contributed by atoms with Crippen molar-refractivity contribution in [3.8, 4) is 17.2 Å². The monoisotopic (exact) mass is 409 g/mol. The van der Waals surface area contributed by atoms with E-state index in [1.807, 2.05) is 12.1 Å². The van der Waals surface area contributed by atoms with Crippen LogP contribution in [0.2, 0.25) is 5.02 Å². The lowest BCUT2D eigenvalue weighted by atomic mass is 9.93. The van der Waals surface area contributed by atoms with Gasteiger partial charge in [0.15, 0.2) is 0 Å². The summed E-state index contributed by atoms with van der Waals surface area (Å²) in [6, 6.07) is 11.0. The van der Waals surface area contributed by atoms with Crippen LogP contribution in [0.1, 0.15) is 25.7 Å². The molecular formula is C21H20ClN5O2. The van der Waals surface area contributed by atoms with Crippen molar-refractivity contribution >= 4 is 28.6 Å². The number of aliphatic hydroxyl groups is 1. The number of pyridine rings is 1. The van der Waals surface area contributed by atoms with E-state index in [4.69, 9.17) is 11.6 Å². The third-order valence-corrected chi connectivity index (χ3v) is 5.58. The van der Waals surface area contributed by atoms with E-state index in [2.05, 4.69) is 15.3 Å². The van der Waals surface area contributed by atoms with Gasteiger partial charge in [-0.1, -0.05) is 29.8 Å². The highest BCUT2D eigenvalue weighted by molar-refractivity contribution is 6.33. The van der Waals surface area contributed by atoms with Crippen LogP contribution in [-0.4, -0.2) is 31.8 Å². The van der Waals surface area contributed by atoms with Crippen LogP contribution in [0.3, 0.4) is 0 Å². The van der Waals surface area contributed by atoms with Crippen molar-refractivity contribution in [2.75, 3.05) is 5.32 Å². The average molecular weight is 410 g/mol. The van der Waals surface area contributed by atoms with Gasteiger partial charge in [-0.15, -0.1) is 0 Å². The van der Waals surface area contributed by atoms with Crippen LogP contribution in [-0.2, 0) is 6.54 Å². The SMILES string of the molecule is N#CCn1c(=O)c(-c2ccccc2Cl)cc2cnc(NC3CCC(O)CC3)nc21. The number of halogens is 1. The van der Waals surface area contributed by atoms with E-state index < -0.39 is 0 Å². The van der Waals surface area contributed by atoms with Crippen molar-refractivity contribution in [1.82, 2.24) is 14.5 Å². The normalized spacial score (nSPS) is 19.1. The number of hydrogen-bond donors (Lipinski definition) is 2. The van der Waals surface area contributed by atoms with Crippen LogP contribution in [0.5, 0.6) is 0 Å². The second kappa shape index (κ2) is 8.19. The van der Waals surface area contributed by atoms with E-state index in [1.54, 1.807) is 30.5 Å². The van der Waals surface area contributed by atoms with E-state index in [1.165, 1.54) is 4.57 Å². The van der Waals surface area contributed by atoms with Gasteiger partial charge >= 0.3 is 0 Å². The molecule has 1 aliphatic rings. The fourth-order valence-corrected chi connectivity index (χ4v) is 3.96. The molecule has 0 bridgehead atoms. The molecule has 2 aromatic heterocycles. The standard InChI is InChI=1S/C21H20ClN5O2/c22-18-4-2-1-3-16(18)17-11-13-12-24-21(25-14-5-7-15(28)8-6-14)26-19(13)27(10-9-23)20(17)29/h1-4,11-12,14-15,28H,5-8,10H2,(H,24,25,26). The first-order valence-electron chi connectivity index (χ1n) is 9.54. The highest BCUT2D eigenvalue weighted by Gasteiger charge is 2.20. The molecule has 29 heavy (non-hydrogen) atoms. The third kappa shape index (κ3) is 3.95. The Morgan fingerprint density at radius 2 is 2.00 bits per heavy atom. The molecule has 3 aromatic rings. The Hall–Kier alpha value is -2.95. The van der Waals surface area contributed by atoms with E-state index in [9.17, 15) is 15.2 Å². The quantitative estimate of drug-likeness (QED) is 0.684. The van der Waals surface area contributed by atoms with Gasteiger partial charge in [0.1, 0.15) is 12.2 Å². The highest BCUT2D eigenvalue weighted by Crippen LogP contribution is 2.27. The van der Waals surface area contributed by atoms with Crippen LogP contribution in [0.4, 0.5) is 5.95 Å². The summed E-state index contributed by atoms with van der Waals surface area (Å²) in [7, 11) is 0. The van der Waals surface area contributed by atoms with Gasteiger partial charge in [0.25, 0.3) is 5.56 Å². The molecular weight excluding hydrogens is 390 g/mol. The lowest BCUT2D eigenvalue weighted by molar-refractivity contribution is 0.126. The lowest BCUT2D eigenvalue weighted by Gasteiger charge is -2.26. The highest BCUT2D eigenvalue weighted by atomic mass is 35.5. The second-order valence-corrected chi connectivity index (χ2v) is 7.62. The lowest BCUT2D eigenvalue weighted by Crippen LogP contribution is -2.29. The summed E-state index contributed by atoms with van der Waals surface area (Å²) >= 11 is 6.28. The minimum absolute atomic E-state index is 0.125. The van der Waals surface area contributed by atoms with Gasteiger partial charge in [-0.2, -0.15) is 10.2 Å². The zero-order valence-electron chi connectivity index (χ0n) is 15.7. The summed E-state index contributed by atoms with van der Waals surface area (Å²) in [6.07, 6.45) is 4.56. The Kier molecular flexibility index (Phi) is 5.47. The van der Waals surface area contributed by atoms with Gasteiger partial charge in [0.05, 0.1) is 12.2 Å². The number of rotatable bonds is 4. The number of aromatic nitrogens is 3. The van der Waals surface area contributed by atoms with E-state index in [0.717, 1.165) is 25.7 Å². The van der Waals surface area contributed by atoms with Crippen LogP contribution in [0.15, 0.2) is 41.3 Å². The van der Waals surface area contributed by atoms with Gasteiger partial charge in [0.2, 0.25) is 5.95 Å². The molecule has 1 saturated carbocycles. The summed E-state index contributed by atoms with van der Waals surface area (Å²) in [6.45, 7) is -0.125. The molecule has 0 saturated heterocycles. The summed E-state index contributed by atoms with van der Waals surface area (Å²) < 4.78 is 1.35. The van der Waals surface area contributed by atoms with Crippen LogP contribution < -0.4 is 10.9 Å². The van der Waals surface area contributed by atoms with Crippen LogP contribution in [0.25, 0.3) is 22.2 Å². The van der Waals surface area contributed by atoms with Crippen LogP contribution in [0, 0.1) is 11.3 Å². The predicted molar refractivity (Wildman–Crippen MR) is 112 cm³/mol. The molecule has 8 heteroatoms. The van der Waals surface area contributed by atoms with Gasteiger partial charge in [0, 0.05) is 33.8 Å². The number of anilines is 1. The number of nitrogens with one attached hydrogen (secondary N) is 1. The van der Waals surface area contributed by atoms with Crippen molar-refractivity contribution < 1.29 is 5.11 Å². The smallest absolute Gasteiger partial charge is 0.261 e. The Morgan fingerprint density at radius 1 is 1.24 bits per heavy atom. The van der Waals surface area contributed by atoms with Crippen molar-refractivity contribution in [1.29, 1.82) is 5.26 Å². The molecule has 1 aliphatic carbocycles. The van der Waals surface area contributed by atoms with E-state index in [0.29, 0.717) is 33.1 Å². The van der Waals surface area contributed by atoms with Crippen molar-refractivity contribution in [2.24, 2.45) is 0 Å². The van der Waals surface area contributed by atoms with E-state index in [-0.39, 0.29) is 24.2 Å². The van der Waals surface area contributed by atoms with Gasteiger partial charge in [-0.05, 0) is 37.8 Å². The first kappa shape index (κ1) is 19.4. The molecule has 0 spiro atoms. The number of nitrogens with zero attached hydrogens (tertiary/aromatic N) is 4. The second-order valence-electron chi connectivity index (χ2n) is 7.21. The molecule has 0 unspecified atom stereocenters. The average Bonchev–Trinajstić information content (AvgIpc) is 2.72. The first-order chi connectivity index (χ1) is 14.1. The molecule has 2 N–H and O–H groups in total. The number of aliphatic hydroxyl groups excluding tert-OH is 1. The maximum atomic E-state index is 13.1. The molecule has 1 fully saturated rings. The molecule has 148 valence electrons. The van der Waals surface area contributed by atoms with Crippen molar-refractivity contribution in [2.45, 2.75) is 44.4 Å². The zero-order chi connectivity index (χ0) is 20.4. The summed E-state index contributed by atoms with van der Waals surface area (Å²) in [4.78, 5) is 22.0. The fraction of sp³-hybridized carbons (Fsp3) is 0.333. The fourth-order valence-electron chi connectivity index (χ4n) is 3.72. The Bertz CT molecular complexity index is 1150. The number of fused-ring (bicyclic) bond motifs is 1. The minimum Gasteiger partial charge on any atom is -0.393 e. The third-order valence-electron chi connectivity index (χ3n) is 5.25. The summed E-state index contributed by atoms with van der Waals surface area (Å²) in [5.41, 5.74) is 1.10. The zero-order valence-corrected chi connectivity index (χ0v) is 16.4. The van der Waals surface area contributed by atoms with Gasteiger partial charge < -0.3 is 10.4 Å². The molecule has 0 radical (unpaired) electrons. The number of hydrogen-bond acceptors (Lipinski definition) is 6. The molecule has 7 nitrogen and oxygen atoms in total. The van der Waals surface area contributed by atoms with Crippen LogP contribution >= 0.6 is 11.6 Å². The Morgan fingerprint density at radius 3 is 2.72 bits per heavy atom. The maximum Gasteiger partial charge on any atom is 0.261 e. The Labute approximate surface area is 172 Å². The summed E-state index contributed by atoms with van der Waals surface area (Å²) in [5, 5.41) is 23.3. The molecule has 1 aromatic carbocycles.